The van der Waals surface area contributed by atoms with Crippen LogP contribution in [0.1, 0.15) is 23.9 Å². The number of thioether (sulfide) groups is 1. The molecule has 0 fully saturated rings. The Morgan fingerprint density at radius 1 is 1.38 bits per heavy atom. The molecule has 0 aromatic carbocycles. The van der Waals surface area contributed by atoms with Gasteiger partial charge in [0.1, 0.15) is 5.37 Å². The highest BCUT2D eigenvalue weighted by atomic mass is 32.2. The van der Waals surface area contributed by atoms with E-state index in [9.17, 15) is 0 Å². The van der Waals surface area contributed by atoms with Crippen molar-refractivity contribution in [2.45, 2.75) is 18.2 Å². The fourth-order valence-corrected chi connectivity index (χ4v) is 4.28. The Kier molecular flexibility index (Phi) is 6.35. The number of rotatable bonds is 9. The Morgan fingerprint density at radius 3 is 2.81 bits per heavy atom. The summed E-state index contributed by atoms with van der Waals surface area (Å²) in [6.07, 6.45) is 5.80. The van der Waals surface area contributed by atoms with Gasteiger partial charge in [0.15, 0.2) is 5.96 Å². The van der Waals surface area contributed by atoms with E-state index in [0.717, 1.165) is 36.5 Å². The molecule has 1 unspecified atom stereocenters. The summed E-state index contributed by atoms with van der Waals surface area (Å²) in [6, 6.07) is 4.04. The molecule has 0 amide bonds. The van der Waals surface area contributed by atoms with Crippen molar-refractivity contribution in [2.75, 3.05) is 24.2 Å². The minimum Gasteiger partial charge on any atom is -0.386 e. The molecule has 9 heteroatoms. The molecule has 0 radical (unpaired) electrons. The number of nitrogens with one attached hydrogen (secondary N) is 1. The second-order valence-electron chi connectivity index (χ2n) is 5.81. The molecule has 26 heavy (non-hydrogen) atoms. The summed E-state index contributed by atoms with van der Waals surface area (Å²) in [7, 11) is 2.09. The molecule has 0 aliphatic heterocycles. The second-order valence-corrected chi connectivity index (χ2v) is 7.71. The highest BCUT2D eigenvalue weighted by molar-refractivity contribution is 7.99. The molecule has 2 aromatic heterocycles. The molecular formula is C17H23N7S2. The lowest BCUT2D eigenvalue weighted by Crippen LogP contribution is -2.31. The van der Waals surface area contributed by atoms with Crippen LogP contribution in [0.4, 0.5) is 5.69 Å². The monoisotopic (exact) mass is 389 g/mol. The van der Waals surface area contributed by atoms with Crippen molar-refractivity contribution in [3.05, 3.63) is 52.5 Å². The third kappa shape index (κ3) is 4.67. The lowest BCUT2D eigenvalue weighted by atomic mass is 9.99. The average molecular weight is 390 g/mol. The maximum absolute atomic E-state index is 5.55. The summed E-state index contributed by atoms with van der Waals surface area (Å²) in [5.74, 6) is 0.973. The van der Waals surface area contributed by atoms with Gasteiger partial charge in [-0.1, -0.05) is 0 Å². The maximum Gasteiger partial charge on any atom is 0.187 e. The van der Waals surface area contributed by atoms with Crippen LogP contribution in [-0.2, 0) is 0 Å². The van der Waals surface area contributed by atoms with Gasteiger partial charge in [-0.3, -0.25) is 4.98 Å². The topological polar surface area (TPSA) is 105 Å². The molecule has 0 saturated carbocycles. The van der Waals surface area contributed by atoms with Crippen LogP contribution >= 0.6 is 23.1 Å². The Balaban J connectivity index is 1.52. The summed E-state index contributed by atoms with van der Waals surface area (Å²) < 4.78 is 0. The van der Waals surface area contributed by atoms with Gasteiger partial charge in [0.05, 0.1) is 11.2 Å². The largest absolute Gasteiger partial charge is 0.386 e. The third-order valence-electron chi connectivity index (χ3n) is 4.10. The summed E-state index contributed by atoms with van der Waals surface area (Å²) in [5.41, 5.74) is 17.6. The number of pyridine rings is 1. The molecule has 3 rings (SSSR count). The fourth-order valence-electron chi connectivity index (χ4n) is 2.69. The zero-order chi connectivity index (χ0) is 18.4. The van der Waals surface area contributed by atoms with E-state index >= 15 is 0 Å². The number of aromatic nitrogens is 2. The standard InChI is InChI=1S/C17H23N7S2/c1-24(12-4-6-20-7-5-12)15-3-2-13(15)21-8-9-26-16(23-17(18)19)14-10-25-11-22-14/h4-7,10-11,16,21H,2-3,8-9H2,1H3,(H4,18,19,23). The Hall–Kier alpha value is -2.26. The molecule has 2 aromatic rings. The zero-order valence-electron chi connectivity index (χ0n) is 14.6. The van der Waals surface area contributed by atoms with Gasteiger partial charge in [0.25, 0.3) is 0 Å². The predicted molar refractivity (Wildman–Crippen MR) is 110 cm³/mol. The van der Waals surface area contributed by atoms with Crippen molar-refractivity contribution in [1.29, 1.82) is 0 Å². The number of hydrogen-bond acceptors (Lipinski definition) is 7. The van der Waals surface area contributed by atoms with Crippen molar-refractivity contribution >= 4 is 34.7 Å². The number of thiazole rings is 1. The van der Waals surface area contributed by atoms with E-state index in [1.807, 2.05) is 29.9 Å². The van der Waals surface area contributed by atoms with Crippen molar-refractivity contribution in [2.24, 2.45) is 16.5 Å². The van der Waals surface area contributed by atoms with Crippen LogP contribution in [-0.4, -0.2) is 35.3 Å². The van der Waals surface area contributed by atoms with Gasteiger partial charge in [-0.15, -0.1) is 23.1 Å². The molecule has 5 N–H and O–H groups in total. The van der Waals surface area contributed by atoms with Crippen LogP contribution in [0.2, 0.25) is 0 Å². The first-order valence-electron chi connectivity index (χ1n) is 8.33. The van der Waals surface area contributed by atoms with E-state index < -0.39 is 0 Å². The van der Waals surface area contributed by atoms with Gasteiger partial charge in [0.2, 0.25) is 0 Å². The van der Waals surface area contributed by atoms with E-state index in [1.54, 1.807) is 28.6 Å². The number of nitrogens with two attached hydrogens (primary N) is 2. The third-order valence-corrected chi connectivity index (χ3v) is 5.81. The fraction of sp³-hybridized carbons (Fsp3) is 0.353. The van der Waals surface area contributed by atoms with Crippen molar-refractivity contribution in [1.82, 2.24) is 15.3 Å². The number of nitrogens with zero attached hydrogens (tertiary/aromatic N) is 4. The SMILES string of the molecule is CN(C1=C(NCCSC(N=C(N)N)c2cscn2)CC1)c1ccncc1. The molecule has 0 bridgehead atoms. The molecule has 1 aliphatic rings. The number of allylic oxidation sites excluding steroid dienone is 2. The maximum atomic E-state index is 5.55. The molecule has 1 aliphatic carbocycles. The molecule has 1 atom stereocenters. The predicted octanol–water partition coefficient (Wildman–Crippen LogP) is 2.27. The molecule has 7 nitrogen and oxygen atoms in total. The Morgan fingerprint density at radius 2 is 2.19 bits per heavy atom. The van der Waals surface area contributed by atoms with Crippen LogP contribution in [0.15, 0.2) is 51.8 Å². The highest BCUT2D eigenvalue weighted by Gasteiger charge is 2.21. The summed E-state index contributed by atoms with van der Waals surface area (Å²) >= 11 is 3.22. The van der Waals surface area contributed by atoms with Crippen LogP contribution in [0.25, 0.3) is 0 Å². The van der Waals surface area contributed by atoms with Gasteiger partial charge in [0, 0.05) is 54.2 Å². The second kappa shape index (κ2) is 8.91. The average Bonchev–Trinajstić information content (AvgIpc) is 3.14. The van der Waals surface area contributed by atoms with Crippen LogP contribution in [0, 0.1) is 0 Å². The molecule has 138 valence electrons. The minimum atomic E-state index is -0.151. The molecular weight excluding hydrogens is 366 g/mol. The first-order chi connectivity index (χ1) is 12.6. The number of hydrogen-bond donors (Lipinski definition) is 3. The summed E-state index contributed by atoms with van der Waals surface area (Å²) in [5, 5.41) is 5.38. The quantitative estimate of drug-likeness (QED) is 0.343. The van der Waals surface area contributed by atoms with Crippen LogP contribution in [0.3, 0.4) is 0 Å². The molecule has 2 heterocycles. The summed E-state index contributed by atoms with van der Waals surface area (Å²) in [4.78, 5) is 14.9. The van der Waals surface area contributed by atoms with E-state index in [-0.39, 0.29) is 11.3 Å². The van der Waals surface area contributed by atoms with Gasteiger partial charge in [-0.25, -0.2) is 9.98 Å². The van der Waals surface area contributed by atoms with E-state index in [2.05, 4.69) is 32.2 Å². The van der Waals surface area contributed by atoms with Gasteiger partial charge >= 0.3 is 0 Å². The van der Waals surface area contributed by atoms with Gasteiger partial charge in [-0.2, -0.15) is 0 Å². The van der Waals surface area contributed by atoms with E-state index in [0.29, 0.717) is 0 Å². The van der Waals surface area contributed by atoms with Crippen molar-refractivity contribution in [3.63, 3.8) is 0 Å². The lowest BCUT2D eigenvalue weighted by molar-refractivity contribution is 0.660. The van der Waals surface area contributed by atoms with Gasteiger partial charge < -0.3 is 21.7 Å². The number of guanidine groups is 1. The molecule has 0 saturated heterocycles. The van der Waals surface area contributed by atoms with Crippen molar-refractivity contribution < 1.29 is 0 Å². The number of anilines is 1. The highest BCUT2D eigenvalue weighted by Crippen LogP contribution is 2.32. The number of aliphatic imine (C=N–C) groups is 1. The molecule has 0 spiro atoms. The lowest BCUT2D eigenvalue weighted by Gasteiger charge is -2.33. The summed E-state index contributed by atoms with van der Waals surface area (Å²) in [6.45, 7) is 0.855. The Labute approximate surface area is 161 Å². The minimum absolute atomic E-state index is 0.0893. The van der Waals surface area contributed by atoms with Crippen LogP contribution in [0.5, 0.6) is 0 Å². The smallest absolute Gasteiger partial charge is 0.187 e. The Bertz CT molecular complexity index is 755. The van der Waals surface area contributed by atoms with Crippen LogP contribution < -0.4 is 21.7 Å². The normalized spacial score (nSPS) is 14.5. The van der Waals surface area contributed by atoms with Crippen molar-refractivity contribution in [3.8, 4) is 0 Å². The van der Waals surface area contributed by atoms with Gasteiger partial charge in [-0.05, 0) is 25.0 Å². The van der Waals surface area contributed by atoms with E-state index in [4.69, 9.17) is 11.5 Å². The zero-order valence-corrected chi connectivity index (χ0v) is 16.3. The first kappa shape index (κ1) is 18.5. The van der Waals surface area contributed by atoms with E-state index in [1.165, 1.54) is 11.4 Å². The first-order valence-corrected chi connectivity index (χ1v) is 10.3.